The molecule has 0 aliphatic rings. The van der Waals surface area contributed by atoms with Crippen LogP contribution in [0.1, 0.15) is 37.4 Å². The fourth-order valence-corrected chi connectivity index (χ4v) is 8.19. The Labute approximate surface area is 363 Å². The molecule has 0 saturated heterocycles. The van der Waals surface area contributed by atoms with Crippen LogP contribution in [0.2, 0.25) is 0 Å². The zero-order valence-electron chi connectivity index (χ0n) is 32.3. The van der Waals surface area contributed by atoms with E-state index in [2.05, 4.69) is 20.6 Å². The first-order valence-electron chi connectivity index (χ1n) is 18.2. The lowest BCUT2D eigenvalue weighted by molar-refractivity contribution is -0.388. The number of carbonyl (C=O) groups excluding carboxylic acids is 2. The van der Waals surface area contributed by atoms with E-state index < -0.39 is 56.5 Å². The van der Waals surface area contributed by atoms with Crippen LogP contribution in [0.5, 0.6) is 5.75 Å². The number of thiazole rings is 2. The summed E-state index contributed by atoms with van der Waals surface area (Å²) >= 11 is 2.90. The molecule has 2 heterocycles. The minimum absolute atomic E-state index is 0.130. The van der Waals surface area contributed by atoms with Crippen LogP contribution in [-0.2, 0) is 12.4 Å². The number of nitro benzene ring substituents is 2. The van der Waals surface area contributed by atoms with Gasteiger partial charge in [0.05, 0.1) is 30.3 Å². The lowest BCUT2D eigenvalue weighted by Gasteiger charge is -2.10. The molecule has 3 N–H and O–H groups in total. The molecule has 0 aliphatic heterocycles. The van der Waals surface area contributed by atoms with Crippen LogP contribution in [0.4, 0.5) is 49.1 Å². The number of halogens is 6. The summed E-state index contributed by atoms with van der Waals surface area (Å²) in [5.41, 5.74) is -0.902. The van der Waals surface area contributed by atoms with Crippen molar-refractivity contribution in [2.75, 3.05) is 10.6 Å². The molecule has 0 radical (unpaired) electrons. The molecule has 0 atom stereocenters. The molecule has 0 spiro atoms. The molecule has 8 aromatic rings. The van der Waals surface area contributed by atoms with E-state index >= 15 is 0 Å². The third kappa shape index (κ3) is 9.95. The molecular weight excluding hydrogens is 891 g/mol. The Morgan fingerprint density at radius 3 is 1.39 bits per heavy atom. The molecule has 0 saturated carbocycles. The van der Waals surface area contributed by atoms with Gasteiger partial charge in [0.15, 0.2) is 0 Å². The molecule has 0 aliphatic carbocycles. The van der Waals surface area contributed by atoms with Crippen molar-refractivity contribution >= 4 is 77.7 Å². The number of alkyl halides is 6. The number of carbonyl (C=O) groups is 2. The first kappa shape index (κ1) is 44.3. The second-order valence-corrected chi connectivity index (χ2v) is 15.8. The highest BCUT2D eigenvalue weighted by Gasteiger charge is 2.40. The van der Waals surface area contributed by atoms with Gasteiger partial charge in [0.25, 0.3) is 23.2 Å². The Balaban J connectivity index is 0.000000191. The van der Waals surface area contributed by atoms with Crippen LogP contribution in [0, 0.1) is 27.2 Å². The summed E-state index contributed by atoms with van der Waals surface area (Å²) in [7, 11) is 0. The van der Waals surface area contributed by atoms with Crippen LogP contribution in [0.3, 0.4) is 0 Å². The van der Waals surface area contributed by atoms with Gasteiger partial charge in [0.1, 0.15) is 26.9 Å². The Kier molecular flexibility index (Phi) is 12.1. The third-order valence-corrected chi connectivity index (χ3v) is 11.4. The van der Waals surface area contributed by atoms with E-state index in [1.807, 2.05) is 25.1 Å². The maximum atomic E-state index is 13.1. The number of rotatable bonds is 8. The number of anilines is 2. The minimum Gasteiger partial charge on any atom is -0.508 e. The zero-order chi connectivity index (χ0) is 46.1. The second-order valence-electron chi connectivity index (χ2n) is 13.7. The number of nitro groups is 2. The first-order chi connectivity index (χ1) is 30.2. The van der Waals surface area contributed by atoms with Gasteiger partial charge in [-0.3, -0.25) is 29.8 Å². The summed E-state index contributed by atoms with van der Waals surface area (Å²) in [6.45, 7) is 2.00. The largest absolute Gasteiger partial charge is 0.508 e. The molecular formula is C43H26F6N6O7S2. The average Bonchev–Trinajstić information content (AvgIpc) is 3.87. The number of hydrogen-bond acceptors (Lipinski definition) is 11. The van der Waals surface area contributed by atoms with Crippen molar-refractivity contribution in [2.24, 2.45) is 0 Å². The highest BCUT2D eigenvalue weighted by molar-refractivity contribution is 7.22. The molecule has 6 aromatic carbocycles. The van der Waals surface area contributed by atoms with Gasteiger partial charge >= 0.3 is 12.4 Å². The van der Waals surface area contributed by atoms with E-state index in [4.69, 9.17) is 0 Å². The van der Waals surface area contributed by atoms with E-state index in [1.165, 1.54) is 28.7 Å². The van der Waals surface area contributed by atoms with E-state index in [1.54, 1.807) is 60.7 Å². The van der Waals surface area contributed by atoms with Crippen molar-refractivity contribution in [1.82, 2.24) is 9.97 Å². The van der Waals surface area contributed by atoms with Gasteiger partial charge in [-0.15, -0.1) is 22.7 Å². The number of fused-ring (bicyclic) bond motifs is 2. The summed E-state index contributed by atoms with van der Waals surface area (Å²) in [5, 5.41) is 37.8. The summed E-state index contributed by atoms with van der Waals surface area (Å²) in [4.78, 5) is 53.3. The van der Waals surface area contributed by atoms with Gasteiger partial charge in [-0.2, -0.15) is 26.3 Å². The van der Waals surface area contributed by atoms with Crippen molar-refractivity contribution in [3.63, 3.8) is 0 Å². The van der Waals surface area contributed by atoms with Crippen molar-refractivity contribution in [3.05, 3.63) is 169 Å². The number of aromatic nitrogens is 2. The molecule has 8 rings (SSSR count). The minimum atomic E-state index is -4.98. The van der Waals surface area contributed by atoms with Gasteiger partial charge in [-0.1, -0.05) is 6.07 Å². The second kappa shape index (κ2) is 17.5. The lowest BCUT2D eigenvalue weighted by atomic mass is 10.1. The van der Waals surface area contributed by atoms with E-state index in [-0.39, 0.29) is 16.9 Å². The molecule has 2 aromatic heterocycles. The van der Waals surface area contributed by atoms with Crippen LogP contribution in [0.25, 0.3) is 41.6 Å². The molecule has 324 valence electrons. The fraction of sp³-hybridized carbons (Fsp3) is 0.0698. The van der Waals surface area contributed by atoms with Crippen LogP contribution in [0.15, 0.2) is 121 Å². The Morgan fingerprint density at radius 1 is 0.578 bits per heavy atom. The molecule has 21 heteroatoms. The summed E-state index contributed by atoms with van der Waals surface area (Å²) < 4.78 is 80.7. The van der Waals surface area contributed by atoms with Crippen LogP contribution < -0.4 is 10.6 Å². The van der Waals surface area contributed by atoms with Gasteiger partial charge in [0.2, 0.25) is 0 Å². The third-order valence-electron chi connectivity index (χ3n) is 9.22. The van der Waals surface area contributed by atoms with E-state index in [0.29, 0.717) is 40.6 Å². The smallest absolute Gasteiger partial charge is 0.423 e. The summed E-state index contributed by atoms with van der Waals surface area (Å²) in [5.74, 6) is -1.52. The normalized spacial score (nSPS) is 11.5. The number of benzene rings is 6. The van der Waals surface area contributed by atoms with Gasteiger partial charge in [-0.25, -0.2) is 9.97 Å². The number of nitrogens with one attached hydrogen (secondary N) is 2. The number of phenols is 1. The highest BCUT2D eigenvalue weighted by Crippen LogP contribution is 2.39. The predicted octanol–water partition coefficient (Wildman–Crippen LogP) is 12.3. The lowest BCUT2D eigenvalue weighted by Crippen LogP contribution is -2.15. The van der Waals surface area contributed by atoms with Crippen LogP contribution in [-0.4, -0.2) is 36.7 Å². The number of nitrogens with zero attached hydrogens (tertiary/aromatic N) is 4. The van der Waals surface area contributed by atoms with Crippen molar-refractivity contribution in [2.45, 2.75) is 19.3 Å². The molecule has 2 amide bonds. The van der Waals surface area contributed by atoms with Crippen molar-refractivity contribution in [1.29, 1.82) is 0 Å². The number of amides is 2. The number of aryl methyl sites for hydroxylation is 1. The number of hydrogen-bond donors (Lipinski definition) is 3. The topological polar surface area (TPSA) is 190 Å². The van der Waals surface area contributed by atoms with Gasteiger partial charge in [0, 0.05) is 45.8 Å². The van der Waals surface area contributed by atoms with Gasteiger partial charge in [-0.05, 0) is 116 Å². The van der Waals surface area contributed by atoms with Crippen molar-refractivity contribution < 1.29 is 50.9 Å². The fourth-order valence-electron chi connectivity index (χ4n) is 6.12. The first-order valence-corrected chi connectivity index (χ1v) is 19.9. The van der Waals surface area contributed by atoms with Crippen molar-refractivity contribution in [3.8, 4) is 26.9 Å². The molecule has 0 fully saturated rings. The van der Waals surface area contributed by atoms with E-state index in [9.17, 15) is 61.3 Å². The summed E-state index contributed by atoms with van der Waals surface area (Å²) in [6.07, 6.45) is -9.94. The molecule has 0 bridgehead atoms. The molecule has 64 heavy (non-hydrogen) atoms. The van der Waals surface area contributed by atoms with Gasteiger partial charge < -0.3 is 15.7 Å². The standard InChI is InChI=1S/C22H14F3N3O3S.C21H12F3N3O4S/c1-12-2-8-17-19(10-12)32-21(27-17)13-3-6-15(7-4-13)26-20(29)14-5-9-18(28(30)31)16(11-14)22(23,24)25;22-21(23,24)15-9-12(3-8-17(15)27(30)31)19(29)25-13-4-1-11(2-5-13)20-26-16-7-6-14(28)10-18(16)32-20/h2-11H,1H3,(H,26,29);1-10,28H,(H,25,29). The monoisotopic (exact) mass is 916 g/mol. The quantitative estimate of drug-likeness (QED) is 0.0756. The van der Waals surface area contributed by atoms with Crippen LogP contribution >= 0.6 is 22.7 Å². The number of phenolic OH excluding ortho intramolecular Hbond substituents is 1. The molecule has 13 nitrogen and oxygen atoms in total. The maximum absolute atomic E-state index is 13.1. The average molecular weight is 917 g/mol. The van der Waals surface area contributed by atoms with E-state index in [0.717, 1.165) is 54.3 Å². The highest BCUT2D eigenvalue weighted by atomic mass is 32.1. The zero-order valence-corrected chi connectivity index (χ0v) is 33.9. The summed E-state index contributed by atoms with van der Waals surface area (Å²) in [6, 6.07) is 28.2. The Morgan fingerprint density at radius 2 is 0.984 bits per heavy atom. The Bertz CT molecular complexity index is 2910. The predicted molar refractivity (Wildman–Crippen MR) is 229 cm³/mol. The Hall–Kier alpha value is -7.78. The number of aromatic hydroxyl groups is 1. The molecule has 0 unspecified atom stereocenters. The maximum Gasteiger partial charge on any atom is 0.423 e. The SMILES string of the molecule is Cc1ccc2nc(-c3ccc(NC(=O)c4ccc([N+](=O)[O-])c(C(F)(F)F)c4)cc3)sc2c1.O=C(Nc1ccc(-c2nc3ccc(O)cc3s2)cc1)c1ccc([N+](=O)[O-])c(C(F)(F)F)c1.